The van der Waals surface area contributed by atoms with Gasteiger partial charge in [-0.05, 0) is 65.7 Å². The van der Waals surface area contributed by atoms with Crippen molar-refractivity contribution < 1.29 is 35.7 Å². The molecule has 3 fully saturated rings. The van der Waals surface area contributed by atoms with Crippen LogP contribution in [0.5, 0.6) is 0 Å². The lowest BCUT2D eigenvalue weighted by atomic mass is 9.82. The number of fused-ring (bicyclic) bond motifs is 2. The van der Waals surface area contributed by atoms with E-state index >= 15 is 0 Å². The number of likely N-dealkylation sites (tertiary alicyclic amines) is 1. The van der Waals surface area contributed by atoms with Gasteiger partial charge in [0.05, 0.1) is 12.0 Å². The van der Waals surface area contributed by atoms with Crippen LogP contribution in [0.3, 0.4) is 0 Å². The summed E-state index contributed by atoms with van der Waals surface area (Å²) in [6.45, 7) is 15.6. The molecule has 0 aliphatic carbocycles. The second kappa shape index (κ2) is 16.5. The fourth-order valence-electron chi connectivity index (χ4n) is 7.09. The minimum atomic E-state index is -4.62. The molecule has 0 saturated carbocycles. The van der Waals surface area contributed by atoms with Gasteiger partial charge in [-0.1, -0.05) is 66.2 Å². The number of hydroxylamine groups is 4. The molecular weight excluding hydrogens is 640 g/mol. The number of amides is 3. The number of piperidine rings is 1. The molecule has 14 nitrogen and oxygen atoms in total. The summed E-state index contributed by atoms with van der Waals surface area (Å²) in [6, 6.07) is -1.56. The number of rotatable bonds is 18. The fraction of sp³-hybridized carbons (Fsp3) is 0.879. The first-order chi connectivity index (χ1) is 22.8. The summed E-state index contributed by atoms with van der Waals surface area (Å²) in [6.07, 6.45) is 10.2. The molecule has 0 radical (unpaired) electrons. The third-order valence-corrected chi connectivity index (χ3v) is 10.3. The molecule has 4 heterocycles. The van der Waals surface area contributed by atoms with Crippen LogP contribution in [-0.4, -0.2) is 94.0 Å². The molecule has 2 bridgehead atoms. The summed E-state index contributed by atoms with van der Waals surface area (Å²) in [5, 5.41) is 11.1. The molecule has 0 spiro atoms. The maximum atomic E-state index is 13.6. The van der Waals surface area contributed by atoms with Gasteiger partial charge in [0.25, 0.3) is 0 Å². The van der Waals surface area contributed by atoms with Gasteiger partial charge in [0.2, 0.25) is 11.8 Å². The van der Waals surface area contributed by atoms with E-state index in [-0.39, 0.29) is 24.4 Å². The number of urea groups is 1. The largest absolute Gasteiger partial charge is 0.444 e. The molecule has 0 aromatic carbocycles. The highest BCUT2D eigenvalue weighted by Crippen LogP contribution is 2.40. The Balaban J connectivity index is 1.44. The molecule has 3 atom stereocenters. The van der Waals surface area contributed by atoms with E-state index < -0.39 is 39.7 Å². The Hall–Kier alpha value is -2.49. The van der Waals surface area contributed by atoms with Gasteiger partial charge in [0.1, 0.15) is 11.6 Å². The standard InChI is InChI=1S/C33H58N6O8S/c1-8-12-19-33(18-11-4,20-13-9-2)38(21-14-10-3)46-48(42,43)47-39-26-15-16-27(37(24-26)30(39)40)29-35-34-28(44-29)25-17-22-36(23-25)31(41)45-32(5,6)7/h25-27H,8-24H2,1-7H3/t25-,26+,27+/m1/s1. The summed E-state index contributed by atoms with van der Waals surface area (Å²) >= 11 is 0. The van der Waals surface area contributed by atoms with Crippen LogP contribution in [0.15, 0.2) is 4.42 Å². The van der Waals surface area contributed by atoms with Crippen LogP contribution < -0.4 is 0 Å². The van der Waals surface area contributed by atoms with Crippen molar-refractivity contribution in [1.82, 2.24) is 30.1 Å². The number of ether oxygens (including phenoxy) is 1. The predicted molar refractivity (Wildman–Crippen MR) is 179 cm³/mol. The molecule has 274 valence electrons. The van der Waals surface area contributed by atoms with Gasteiger partial charge in [-0.2, -0.15) is 22.8 Å². The van der Waals surface area contributed by atoms with E-state index in [0.717, 1.165) is 69.3 Å². The molecule has 3 amide bonds. The van der Waals surface area contributed by atoms with Crippen molar-refractivity contribution in [2.45, 2.75) is 161 Å². The first-order valence-electron chi connectivity index (χ1n) is 18.1. The monoisotopic (exact) mass is 698 g/mol. The maximum Gasteiger partial charge on any atom is 0.437 e. The molecule has 3 aliphatic heterocycles. The van der Waals surface area contributed by atoms with Crippen molar-refractivity contribution in [3.63, 3.8) is 0 Å². The number of carbonyl (C=O) groups excluding carboxylic acids is 2. The van der Waals surface area contributed by atoms with Gasteiger partial charge in [0.15, 0.2) is 0 Å². The van der Waals surface area contributed by atoms with E-state index in [9.17, 15) is 18.0 Å². The molecule has 0 unspecified atom stereocenters. The van der Waals surface area contributed by atoms with Crippen LogP contribution in [0.4, 0.5) is 9.59 Å². The molecule has 3 saturated heterocycles. The van der Waals surface area contributed by atoms with Crippen molar-refractivity contribution in [3.05, 3.63) is 11.8 Å². The number of carbonyl (C=O) groups is 2. The Labute approximate surface area is 287 Å². The zero-order valence-electron chi connectivity index (χ0n) is 30.1. The van der Waals surface area contributed by atoms with E-state index in [1.807, 2.05) is 20.8 Å². The number of nitrogens with zero attached hydrogens (tertiary/aromatic N) is 6. The van der Waals surface area contributed by atoms with Crippen molar-refractivity contribution in [2.24, 2.45) is 0 Å². The number of hydrogen-bond donors (Lipinski definition) is 0. The fourth-order valence-corrected chi connectivity index (χ4v) is 7.95. The van der Waals surface area contributed by atoms with E-state index in [1.165, 1.54) is 4.90 Å². The first kappa shape index (κ1) is 38.3. The van der Waals surface area contributed by atoms with Crippen LogP contribution in [0, 0.1) is 0 Å². The van der Waals surface area contributed by atoms with Crippen molar-refractivity contribution in [1.29, 1.82) is 0 Å². The zero-order chi connectivity index (χ0) is 35.1. The SMILES string of the molecule is CCCCN(OS(=O)(=O)ON1C(=O)N2C[C@@H]1CC[C@H]2c1nnc([C@@H]2CCN(C(=O)OC(C)(C)C)C2)o1)C(CCC)(CCCC)CCCC. The average Bonchev–Trinajstić information content (AvgIpc) is 3.77. The molecule has 15 heteroatoms. The third kappa shape index (κ3) is 9.39. The Bertz CT molecular complexity index is 1310. The Morgan fingerprint density at radius 3 is 2.21 bits per heavy atom. The molecule has 3 aliphatic rings. The van der Waals surface area contributed by atoms with Crippen LogP contribution in [0.25, 0.3) is 0 Å². The Morgan fingerprint density at radius 1 is 0.917 bits per heavy atom. The van der Waals surface area contributed by atoms with Gasteiger partial charge < -0.3 is 19.0 Å². The number of unbranched alkanes of at least 4 members (excludes halogenated alkanes) is 3. The summed E-state index contributed by atoms with van der Waals surface area (Å²) in [4.78, 5) is 29.3. The topological polar surface area (TPSA) is 148 Å². The Morgan fingerprint density at radius 2 is 1.58 bits per heavy atom. The quantitative estimate of drug-likeness (QED) is 0.148. The van der Waals surface area contributed by atoms with Crippen LogP contribution in [0.2, 0.25) is 0 Å². The van der Waals surface area contributed by atoms with Gasteiger partial charge >= 0.3 is 22.5 Å². The summed E-state index contributed by atoms with van der Waals surface area (Å²) in [5.74, 6) is 0.551. The number of hydrogen-bond acceptors (Lipinski definition) is 11. The number of aromatic nitrogens is 2. The van der Waals surface area contributed by atoms with Crippen molar-refractivity contribution in [2.75, 3.05) is 26.2 Å². The summed E-state index contributed by atoms with van der Waals surface area (Å²) < 4.78 is 50.0. The minimum Gasteiger partial charge on any atom is -0.444 e. The molecule has 1 aromatic heterocycles. The molecule has 48 heavy (non-hydrogen) atoms. The minimum absolute atomic E-state index is 0.142. The predicted octanol–water partition coefficient (Wildman–Crippen LogP) is 6.86. The lowest BCUT2D eigenvalue weighted by Gasteiger charge is -2.43. The third-order valence-electron chi connectivity index (χ3n) is 9.56. The van der Waals surface area contributed by atoms with Crippen LogP contribution in [0.1, 0.15) is 156 Å². The van der Waals surface area contributed by atoms with Gasteiger partial charge in [-0.25, -0.2) is 9.59 Å². The van der Waals surface area contributed by atoms with E-state index in [2.05, 4.69) is 37.9 Å². The summed E-state index contributed by atoms with van der Waals surface area (Å²) in [5.41, 5.74) is -1.03. The van der Waals surface area contributed by atoms with E-state index in [4.69, 9.17) is 17.7 Å². The van der Waals surface area contributed by atoms with Crippen LogP contribution >= 0.6 is 0 Å². The van der Waals surface area contributed by atoms with Crippen molar-refractivity contribution >= 4 is 22.5 Å². The molecular formula is C33H58N6O8S. The van der Waals surface area contributed by atoms with Gasteiger partial charge in [-0.3, -0.25) is 0 Å². The first-order valence-corrected chi connectivity index (χ1v) is 19.4. The van der Waals surface area contributed by atoms with Gasteiger partial charge in [0, 0.05) is 31.7 Å². The highest BCUT2D eigenvalue weighted by molar-refractivity contribution is 7.81. The molecule has 4 rings (SSSR count). The van der Waals surface area contributed by atoms with E-state index in [1.54, 1.807) is 9.96 Å². The smallest absolute Gasteiger partial charge is 0.437 e. The van der Waals surface area contributed by atoms with Gasteiger partial charge in [-0.15, -0.1) is 14.5 Å². The maximum absolute atomic E-state index is 13.6. The second-order valence-electron chi connectivity index (χ2n) is 14.6. The highest BCUT2D eigenvalue weighted by Gasteiger charge is 2.50. The van der Waals surface area contributed by atoms with Crippen LogP contribution in [-0.2, 0) is 23.7 Å². The molecule has 1 aromatic rings. The highest BCUT2D eigenvalue weighted by atomic mass is 32.3. The Kier molecular flexibility index (Phi) is 13.2. The second-order valence-corrected chi connectivity index (χ2v) is 15.7. The lowest BCUT2D eigenvalue weighted by Crippen LogP contribution is -2.51. The normalized spacial score (nSPS) is 22.0. The molecule has 0 N–H and O–H groups in total. The zero-order valence-corrected chi connectivity index (χ0v) is 30.9. The van der Waals surface area contributed by atoms with Crippen molar-refractivity contribution in [3.8, 4) is 0 Å². The van der Waals surface area contributed by atoms with E-state index in [0.29, 0.717) is 44.8 Å². The lowest BCUT2D eigenvalue weighted by molar-refractivity contribution is -0.172. The summed E-state index contributed by atoms with van der Waals surface area (Å²) in [7, 11) is -4.62. The average molecular weight is 699 g/mol.